The Morgan fingerprint density at radius 2 is 1.92 bits per heavy atom. The summed E-state index contributed by atoms with van der Waals surface area (Å²) in [7, 11) is 0. The molecule has 0 saturated heterocycles. The van der Waals surface area contributed by atoms with Gasteiger partial charge in [0.05, 0.1) is 6.54 Å². The molecule has 0 spiro atoms. The van der Waals surface area contributed by atoms with E-state index >= 15 is 0 Å². The molecule has 62 valence electrons. The van der Waals surface area contributed by atoms with Crippen molar-refractivity contribution in [2.24, 2.45) is 10.2 Å². The highest BCUT2D eigenvalue weighted by atomic mass is 16.2. The summed E-state index contributed by atoms with van der Waals surface area (Å²) in [5.74, 6) is -0.427. The van der Waals surface area contributed by atoms with Crippen molar-refractivity contribution in [1.82, 2.24) is 4.90 Å². The van der Waals surface area contributed by atoms with Gasteiger partial charge in [-0.3, -0.25) is 4.79 Å². The van der Waals surface area contributed by atoms with E-state index in [1.807, 2.05) is 0 Å². The lowest BCUT2D eigenvalue weighted by molar-refractivity contribution is -0.114. The lowest BCUT2D eigenvalue weighted by Crippen LogP contribution is -2.32. The number of rotatable bonds is 3. The molecule has 0 radical (unpaired) electrons. The van der Waals surface area contributed by atoms with Crippen molar-refractivity contribution in [2.45, 2.75) is 0 Å². The van der Waals surface area contributed by atoms with E-state index in [0.717, 1.165) is 6.08 Å². The molecular formula is C6H5N3O3. The summed E-state index contributed by atoms with van der Waals surface area (Å²) in [5.41, 5.74) is 0. The minimum atomic E-state index is -0.810. The van der Waals surface area contributed by atoms with E-state index in [9.17, 15) is 14.4 Å². The molecule has 0 bridgehead atoms. The van der Waals surface area contributed by atoms with Crippen LogP contribution in [0.3, 0.4) is 0 Å². The molecule has 1 rings (SSSR count). The summed E-state index contributed by atoms with van der Waals surface area (Å²) in [5, 5.41) is 5.92. The van der Waals surface area contributed by atoms with Gasteiger partial charge in [0, 0.05) is 0 Å². The zero-order valence-electron chi connectivity index (χ0n) is 6.06. The number of azo groups is 1. The second kappa shape index (κ2) is 3.04. The number of amides is 4. The van der Waals surface area contributed by atoms with Crippen LogP contribution >= 0.6 is 0 Å². The van der Waals surface area contributed by atoms with E-state index in [4.69, 9.17) is 0 Å². The first-order valence-electron chi connectivity index (χ1n) is 3.07. The molecule has 1 heterocycles. The fourth-order valence-corrected chi connectivity index (χ4v) is 0.631. The molecule has 0 aliphatic carbocycles. The molecule has 0 atom stereocenters. The molecule has 0 N–H and O–H groups in total. The van der Waals surface area contributed by atoms with Gasteiger partial charge in [0.2, 0.25) is 0 Å². The number of imide groups is 1. The summed E-state index contributed by atoms with van der Waals surface area (Å²) in [6, 6.07) is -1.62. The molecule has 0 aromatic carbocycles. The van der Waals surface area contributed by atoms with Crippen molar-refractivity contribution in [3.8, 4) is 0 Å². The molecule has 0 fully saturated rings. The van der Waals surface area contributed by atoms with Gasteiger partial charge in [0.1, 0.15) is 0 Å². The third kappa shape index (κ3) is 1.42. The Hall–Kier alpha value is -1.85. The van der Waals surface area contributed by atoms with Crippen molar-refractivity contribution in [3.05, 3.63) is 12.7 Å². The van der Waals surface area contributed by atoms with Crippen LogP contribution in [0.5, 0.6) is 0 Å². The lowest BCUT2D eigenvalue weighted by atomic mass is 10.4. The SMILES string of the molecule is C=CC(=O)CN1C(=O)N=NC1=O. The van der Waals surface area contributed by atoms with Crippen molar-refractivity contribution in [1.29, 1.82) is 0 Å². The normalized spacial score (nSPS) is 15.5. The number of ketones is 1. The van der Waals surface area contributed by atoms with Gasteiger partial charge in [-0.1, -0.05) is 16.8 Å². The summed E-state index contributed by atoms with van der Waals surface area (Å²) >= 11 is 0. The third-order valence-electron chi connectivity index (χ3n) is 1.22. The maximum Gasteiger partial charge on any atom is 0.371 e. The van der Waals surface area contributed by atoms with Crippen LogP contribution in [0.2, 0.25) is 0 Å². The Kier molecular flexibility index (Phi) is 2.09. The van der Waals surface area contributed by atoms with Crippen molar-refractivity contribution in [2.75, 3.05) is 6.54 Å². The minimum Gasteiger partial charge on any atom is -0.293 e. The Labute approximate surface area is 67.6 Å². The quantitative estimate of drug-likeness (QED) is 0.581. The highest BCUT2D eigenvalue weighted by Gasteiger charge is 2.28. The molecule has 0 aromatic rings. The topological polar surface area (TPSA) is 79.2 Å². The van der Waals surface area contributed by atoms with E-state index in [1.54, 1.807) is 0 Å². The average molecular weight is 167 g/mol. The van der Waals surface area contributed by atoms with Crippen LogP contribution in [0, 0.1) is 0 Å². The van der Waals surface area contributed by atoms with Crippen LogP contribution in [0.25, 0.3) is 0 Å². The molecule has 0 unspecified atom stereocenters. The highest BCUT2D eigenvalue weighted by molar-refractivity contribution is 6.03. The fourth-order valence-electron chi connectivity index (χ4n) is 0.631. The van der Waals surface area contributed by atoms with Crippen molar-refractivity contribution < 1.29 is 14.4 Å². The third-order valence-corrected chi connectivity index (χ3v) is 1.22. The van der Waals surface area contributed by atoms with Crippen molar-refractivity contribution in [3.63, 3.8) is 0 Å². The Balaban J connectivity index is 2.65. The average Bonchev–Trinajstić information content (AvgIpc) is 2.35. The molecule has 0 aromatic heterocycles. The largest absolute Gasteiger partial charge is 0.371 e. The predicted molar refractivity (Wildman–Crippen MR) is 37.6 cm³/mol. The lowest BCUT2D eigenvalue weighted by Gasteiger charge is -2.06. The predicted octanol–water partition coefficient (Wildman–Crippen LogP) is 0.749. The van der Waals surface area contributed by atoms with Crippen molar-refractivity contribution >= 4 is 17.8 Å². The van der Waals surface area contributed by atoms with Gasteiger partial charge in [-0.15, -0.1) is 0 Å². The van der Waals surface area contributed by atoms with Gasteiger partial charge < -0.3 is 0 Å². The number of carbonyl (C=O) groups is 3. The maximum atomic E-state index is 10.7. The summed E-state index contributed by atoms with van der Waals surface area (Å²) < 4.78 is 0. The van der Waals surface area contributed by atoms with E-state index in [-0.39, 0.29) is 6.54 Å². The monoisotopic (exact) mass is 167 g/mol. The fraction of sp³-hybridized carbons (Fsp3) is 0.167. The number of hydrogen-bond donors (Lipinski definition) is 0. The van der Waals surface area contributed by atoms with Gasteiger partial charge in [0.25, 0.3) is 0 Å². The van der Waals surface area contributed by atoms with Gasteiger partial charge in [-0.25, -0.2) is 14.5 Å². The summed E-state index contributed by atoms with van der Waals surface area (Å²) in [6.45, 7) is 2.85. The van der Waals surface area contributed by atoms with Gasteiger partial charge in [-0.05, 0) is 6.08 Å². The van der Waals surface area contributed by atoms with Gasteiger partial charge >= 0.3 is 12.1 Å². The Bertz CT molecular complexity index is 276. The Morgan fingerprint density at radius 1 is 1.42 bits per heavy atom. The van der Waals surface area contributed by atoms with E-state index in [0.29, 0.717) is 4.90 Å². The molecule has 1 aliphatic rings. The summed E-state index contributed by atoms with van der Waals surface area (Å²) in [4.78, 5) is 32.7. The van der Waals surface area contributed by atoms with E-state index in [1.165, 1.54) is 0 Å². The molecule has 0 saturated carbocycles. The Morgan fingerprint density at radius 3 is 2.33 bits per heavy atom. The molecule has 6 heteroatoms. The van der Waals surface area contributed by atoms with Crippen LogP contribution in [0.15, 0.2) is 22.9 Å². The number of urea groups is 2. The summed E-state index contributed by atoms with van der Waals surface area (Å²) in [6.07, 6.45) is 1.03. The first-order chi connectivity index (χ1) is 5.65. The number of carbonyl (C=O) groups excluding carboxylic acids is 3. The number of hydrogen-bond acceptors (Lipinski definition) is 3. The highest BCUT2D eigenvalue weighted by Crippen LogP contribution is 2.06. The maximum absolute atomic E-state index is 10.7. The van der Waals surface area contributed by atoms with Crippen LogP contribution in [0.1, 0.15) is 0 Å². The molecule has 6 nitrogen and oxygen atoms in total. The zero-order valence-corrected chi connectivity index (χ0v) is 6.06. The second-order valence-electron chi connectivity index (χ2n) is 2.02. The molecule has 4 amide bonds. The standard InChI is InChI=1S/C6H5N3O3/c1-2-4(10)3-9-5(11)7-8-6(9)12/h2H,1,3H2. The number of nitrogens with zero attached hydrogens (tertiary/aromatic N) is 3. The van der Waals surface area contributed by atoms with Gasteiger partial charge in [0.15, 0.2) is 5.78 Å². The smallest absolute Gasteiger partial charge is 0.293 e. The van der Waals surface area contributed by atoms with E-state index in [2.05, 4.69) is 16.8 Å². The minimum absolute atomic E-state index is 0.339. The zero-order chi connectivity index (χ0) is 9.14. The van der Waals surface area contributed by atoms with Crippen LogP contribution in [0.4, 0.5) is 9.59 Å². The van der Waals surface area contributed by atoms with E-state index < -0.39 is 17.8 Å². The van der Waals surface area contributed by atoms with Crippen LogP contribution < -0.4 is 0 Å². The molecule has 1 aliphatic heterocycles. The van der Waals surface area contributed by atoms with Crippen LogP contribution in [-0.2, 0) is 4.79 Å². The van der Waals surface area contributed by atoms with Crippen LogP contribution in [-0.4, -0.2) is 29.3 Å². The second-order valence-corrected chi connectivity index (χ2v) is 2.02. The first-order valence-corrected chi connectivity index (χ1v) is 3.07. The molecular weight excluding hydrogens is 162 g/mol. The molecule has 12 heavy (non-hydrogen) atoms. The van der Waals surface area contributed by atoms with Gasteiger partial charge in [-0.2, -0.15) is 0 Å². The first kappa shape index (κ1) is 8.25.